The van der Waals surface area contributed by atoms with Gasteiger partial charge in [-0.2, -0.15) is 0 Å². The molecule has 0 aliphatic carbocycles. The number of nitrogens with zero attached hydrogens (tertiary/aromatic N) is 2. The minimum Gasteiger partial charge on any atom is -0.493 e. The molecule has 1 amide bonds. The van der Waals surface area contributed by atoms with Gasteiger partial charge in [0, 0.05) is 25.0 Å². The number of carbonyl (C=O) groups is 1. The van der Waals surface area contributed by atoms with Gasteiger partial charge in [0.25, 0.3) is 5.91 Å². The Bertz CT molecular complexity index is 967. The Balaban J connectivity index is 1.68. The summed E-state index contributed by atoms with van der Waals surface area (Å²) < 4.78 is 18.5. The fourth-order valence-electron chi connectivity index (χ4n) is 3.22. The Hall–Kier alpha value is -3.48. The number of imidazole rings is 1. The molecule has 144 valence electrons. The molecule has 1 aliphatic heterocycles. The maximum Gasteiger partial charge on any atom is 0.252 e. The van der Waals surface area contributed by atoms with Gasteiger partial charge < -0.3 is 24.1 Å². The van der Waals surface area contributed by atoms with Gasteiger partial charge in [0.2, 0.25) is 5.75 Å². The molecule has 1 N–H and O–H groups in total. The van der Waals surface area contributed by atoms with Gasteiger partial charge in [-0.15, -0.1) is 0 Å². The zero-order valence-electron chi connectivity index (χ0n) is 15.7. The average Bonchev–Trinajstić information content (AvgIpc) is 3.17. The number of ether oxygens (including phenoxy) is 3. The number of carbonyl (C=O) groups excluding carboxylic acids is 1. The first-order valence-electron chi connectivity index (χ1n) is 8.98. The van der Waals surface area contributed by atoms with E-state index in [2.05, 4.69) is 10.3 Å². The molecule has 0 radical (unpaired) electrons. The van der Waals surface area contributed by atoms with Crippen LogP contribution in [0.25, 0.3) is 0 Å². The molecule has 1 atom stereocenters. The highest BCUT2D eigenvalue weighted by Crippen LogP contribution is 2.40. The molecule has 1 aliphatic rings. The Morgan fingerprint density at radius 1 is 1.21 bits per heavy atom. The van der Waals surface area contributed by atoms with Crippen molar-refractivity contribution in [2.24, 2.45) is 7.05 Å². The first-order chi connectivity index (χ1) is 13.7. The van der Waals surface area contributed by atoms with Crippen LogP contribution < -0.4 is 19.5 Å². The van der Waals surface area contributed by atoms with Crippen molar-refractivity contribution in [3.63, 3.8) is 0 Å². The highest BCUT2D eigenvalue weighted by Gasteiger charge is 2.24. The van der Waals surface area contributed by atoms with E-state index in [1.54, 1.807) is 18.3 Å². The number of amides is 1. The molecule has 4 rings (SSSR count). The average molecular weight is 379 g/mol. The molecule has 0 saturated heterocycles. The summed E-state index contributed by atoms with van der Waals surface area (Å²) in [5.74, 6) is 1.98. The summed E-state index contributed by atoms with van der Waals surface area (Å²) in [6.07, 6.45) is 3.56. The van der Waals surface area contributed by atoms with Crippen molar-refractivity contribution in [3.05, 3.63) is 71.8 Å². The number of rotatable bonds is 5. The topological polar surface area (TPSA) is 74.6 Å². The lowest BCUT2D eigenvalue weighted by atomic mass is 10.0. The molecule has 7 heteroatoms. The van der Waals surface area contributed by atoms with Gasteiger partial charge >= 0.3 is 0 Å². The number of hydrogen-bond acceptors (Lipinski definition) is 5. The van der Waals surface area contributed by atoms with Crippen LogP contribution in [0.2, 0.25) is 0 Å². The number of nitrogens with one attached hydrogen (secondary N) is 1. The van der Waals surface area contributed by atoms with E-state index in [1.807, 2.05) is 48.1 Å². The minimum atomic E-state index is -0.395. The Kier molecular flexibility index (Phi) is 4.89. The molecule has 7 nitrogen and oxygen atoms in total. The van der Waals surface area contributed by atoms with Crippen molar-refractivity contribution in [1.82, 2.24) is 14.9 Å². The second kappa shape index (κ2) is 7.64. The number of aromatic nitrogens is 2. The molecular formula is C21H21N3O4. The summed E-state index contributed by atoms with van der Waals surface area (Å²) in [5.41, 5.74) is 1.37. The monoisotopic (exact) mass is 379 g/mol. The van der Waals surface area contributed by atoms with Crippen LogP contribution in [-0.2, 0) is 7.05 Å². The van der Waals surface area contributed by atoms with E-state index in [4.69, 9.17) is 14.2 Å². The summed E-state index contributed by atoms with van der Waals surface area (Å²) in [6, 6.07) is 12.7. The highest BCUT2D eigenvalue weighted by molar-refractivity contribution is 5.96. The largest absolute Gasteiger partial charge is 0.493 e. The number of fused-ring (bicyclic) bond motifs is 1. The molecule has 28 heavy (non-hydrogen) atoms. The van der Waals surface area contributed by atoms with Crippen LogP contribution in [0.15, 0.2) is 54.9 Å². The molecule has 0 fully saturated rings. The maximum atomic E-state index is 13.1. The van der Waals surface area contributed by atoms with E-state index in [1.165, 1.54) is 7.11 Å². The fourth-order valence-corrected chi connectivity index (χ4v) is 3.22. The summed E-state index contributed by atoms with van der Waals surface area (Å²) in [4.78, 5) is 17.5. The van der Waals surface area contributed by atoms with Crippen molar-refractivity contribution in [2.75, 3.05) is 20.3 Å². The van der Waals surface area contributed by atoms with Crippen molar-refractivity contribution >= 4 is 5.91 Å². The van der Waals surface area contributed by atoms with E-state index in [0.717, 1.165) is 11.4 Å². The molecule has 2 heterocycles. The Morgan fingerprint density at radius 3 is 2.71 bits per heavy atom. The molecule has 0 spiro atoms. The quantitative estimate of drug-likeness (QED) is 0.738. The summed E-state index contributed by atoms with van der Waals surface area (Å²) in [7, 11) is 3.44. The van der Waals surface area contributed by atoms with E-state index < -0.39 is 6.04 Å². The Morgan fingerprint density at radius 2 is 2.00 bits per heavy atom. The zero-order valence-corrected chi connectivity index (χ0v) is 15.7. The highest BCUT2D eigenvalue weighted by atomic mass is 16.6. The van der Waals surface area contributed by atoms with Crippen LogP contribution >= 0.6 is 0 Å². The Labute approximate surface area is 162 Å². The van der Waals surface area contributed by atoms with Crippen molar-refractivity contribution in [1.29, 1.82) is 0 Å². The van der Waals surface area contributed by atoms with Crippen LogP contribution in [0.3, 0.4) is 0 Å². The second-order valence-corrected chi connectivity index (χ2v) is 6.42. The molecule has 3 aromatic rings. The van der Waals surface area contributed by atoms with Crippen LogP contribution in [0, 0.1) is 0 Å². The van der Waals surface area contributed by atoms with Crippen LogP contribution in [-0.4, -0.2) is 35.8 Å². The molecule has 0 saturated carbocycles. The van der Waals surface area contributed by atoms with E-state index in [9.17, 15) is 4.79 Å². The molecular weight excluding hydrogens is 358 g/mol. The van der Waals surface area contributed by atoms with Crippen LogP contribution in [0.5, 0.6) is 17.2 Å². The van der Waals surface area contributed by atoms with Gasteiger partial charge in [0.05, 0.1) is 7.11 Å². The van der Waals surface area contributed by atoms with E-state index >= 15 is 0 Å². The molecule has 1 unspecified atom stereocenters. The van der Waals surface area contributed by atoms with Crippen molar-refractivity contribution < 1.29 is 19.0 Å². The zero-order chi connectivity index (χ0) is 19.5. The lowest BCUT2D eigenvalue weighted by molar-refractivity contribution is 0.0939. The lowest BCUT2D eigenvalue weighted by Gasteiger charge is -2.22. The first kappa shape index (κ1) is 17.9. The smallest absolute Gasteiger partial charge is 0.252 e. The predicted molar refractivity (Wildman–Crippen MR) is 103 cm³/mol. The van der Waals surface area contributed by atoms with Gasteiger partial charge in [-0.25, -0.2) is 4.98 Å². The third kappa shape index (κ3) is 3.38. The van der Waals surface area contributed by atoms with Crippen LogP contribution in [0.1, 0.15) is 27.8 Å². The predicted octanol–water partition coefficient (Wildman–Crippen LogP) is 2.72. The van der Waals surface area contributed by atoms with Gasteiger partial charge in [-0.3, -0.25) is 4.79 Å². The maximum absolute atomic E-state index is 13.1. The first-order valence-corrected chi connectivity index (χ1v) is 8.98. The number of benzene rings is 2. The van der Waals surface area contributed by atoms with E-state index in [0.29, 0.717) is 36.0 Å². The van der Waals surface area contributed by atoms with Crippen molar-refractivity contribution in [3.8, 4) is 17.2 Å². The minimum absolute atomic E-state index is 0.257. The summed E-state index contributed by atoms with van der Waals surface area (Å²) >= 11 is 0. The van der Waals surface area contributed by atoms with Gasteiger partial charge in [-0.05, 0) is 17.7 Å². The van der Waals surface area contributed by atoms with Gasteiger partial charge in [-0.1, -0.05) is 30.3 Å². The third-order valence-corrected chi connectivity index (χ3v) is 4.62. The summed E-state index contributed by atoms with van der Waals surface area (Å²) in [5, 5.41) is 3.08. The normalized spacial score (nSPS) is 13.6. The second-order valence-electron chi connectivity index (χ2n) is 6.42. The number of aryl methyl sites for hydroxylation is 1. The summed E-state index contributed by atoms with van der Waals surface area (Å²) in [6.45, 7) is 0.880. The lowest BCUT2D eigenvalue weighted by Crippen LogP contribution is -2.31. The molecule has 1 aromatic heterocycles. The molecule has 0 bridgehead atoms. The number of hydrogen-bond donors (Lipinski definition) is 1. The third-order valence-electron chi connectivity index (χ3n) is 4.62. The van der Waals surface area contributed by atoms with Crippen molar-refractivity contribution in [2.45, 2.75) is 6.04 Å². The van der Waals surface area contributed by atoms with Gasteiger partial charge in [0.15, 0.2) is 11.5 Å². The van der Waals surface area contributed by atoms with E-state index in [-0.39, 0.29) is 5.91 Å². The fraction of sp³-hybridized carbons (Fsp3) is 0.238. The van der Waals surface area contributed by atoms with Gasteiger partial charge in [0.1, 0.15) is 25.1 Å². The molecule has 2 aromatic carbocycles. The SMILES string of the molecule is COc1cc(C(=O)NC(c2ccccc2)c2nccn2C)cc2c1OCCO2. The number of methoxy groups -OCH3 is 1. The van der Waals surface area contributed by atoms with Crippen LogP contribution in [0.4, 0.5) is 0 Å². The standard InChI is InChI=1S/C21H21N3O4/c1-24-9-8-22-20(24)18(14-6-4-3-5-7-14)23-21(25)15-12-16(26-2)19-17(13-15)27-10-11-28-19/h3-9,12-13,18H,10-11H2,1-2H3,(H,23,25).